The zero-order chi connectivity index (χ0) is 46.9. The first-order valence-electron chi connectivity index (χ1n) is 22.2. The van der Waals surface area contributed by atoms with Crippen molar-refractivity contribution in [3.8, 4) is 69.0 Å². The summed E-state index contributed by atoms with van der Waals surface area (Å²) in [6.45, 7) is 0. The molecule has 0 unspecified atom stereocenters. The predicted molar refractivity (Wildman–Crippen MR) is 248 cm³/mol. The summed E-state index contributed by atoms with van der Waals surface area (Å²) in [5.41, 5.74) is 7.02. The number of hydrogen-bond donors (Lipinski definition) is 10. The van der Waals surface area contributed by atoms with Crippen LogP contribution in [0.3, 0.4) is 0 Å². The van der Waals surface area contributed by atoms with Crippen LogP contribution in [0.25, 0.3) is 0 Å². The van der Waals surface area contributed by atoms with Gasteiger partial charge in [0.05, 0.1) is 11.8 Å². The lowest BCUT2D eigenvalue weighted by molar-refractivity contribution is 0.220. The van der Waals surface area contributed by atoms with Gasteiger partial charge < -0.3 is 60.5 Å². The van der Waals surface area contributed by atoms with Crippen molar-refractivity contribution in [3.63, 3.8) is 0 Å². The number of ether oxygens (including phenoxy) is 2. The standard InChI is InChI=1S/C56H42O12/c57-30-9-1-25(2-10-30)44-47-38(20-36(63)22-40(47)65)50-48-39(21-37(64)23-42(48)67-56(50)28-7-15-33(60)16-8-28)49-45(26-3-11-31(58)12-4-26)51-41(66)24-43-52(54(51)53(44)49)46(29-17-34(61)19-35(62)18-29)55(68-43)27-5-13-32(59)14-6-27/h1-24,44-46,49-50,53,55-66H/t44-,45+,46-,49-,50-,53-,55+,56-/m0/s1. The van der Waals surface area contributed by atoms with Crippen LogP contribution in [0, 0.1) is 0 Å². The number of rotatable bonds is 5. The van der Waals surface area contributed by atoms with Crippen molar-refractivity contribution in [2.45, 2.75) is 47.7 Å². The van der Waals surface area contributed by atoms with Crippen LogP contribution in [0.5, 0.6) is 69.0 Å². The number of fused-ring (bicyclic) bond motifs is 8. The Labute approximate surface area is 388 Å². The van der Waals surface area contributed by atoms with E-state index in [0.29, 0.717) is 78.3 Å². The van der Waals surface area contributed by atoms with Crippen LogP contribution in [0.4, 0.5) is 0 Å². The van der Waals surface area contributed by atoms with Gasteiger partial charge in [0.1, 0.15) is 81.2 Å². The molecule has 0 saturated heterocycles. The van der Waals surface area contributed by atoms with E-state index in [1.54, 1.807) is 115 Å². The first-order valence-corrected chi connectivity index (χ1v) is 22.2. The monoisotopic (exact) mass is 906 g/mol. The molecule has 338 valence electrons. The molecule has 0 fully saturated rings. The Morgan fingerprint density at radius 2 is 0.691 bits per heavy atom. The molecule has 12 heteroatoms. The smallest absolute Gasteiger partial charge is 0.135 e. The number of phenols is 10. The fourth-order valence-electron chi connectivity index (χ4n) is 12.0. The summed E-state index contributed by atoms with van der Waals surface area (Å²) in [5.74, 6) is -5.08. The first-order chi connectivity index (χ1) is 32.8. The van der Waals surface area contributed by atoms with Crippen LogP contribution in [0.1, 0.15) is 114 Å². The third-order valence-corrected chi connectivity index (χ3v) is 14.4. The van der Waals surface area contributed by atoms with Crippen molar-refractivity contribution in [2.75, 3.05) is 0 Å². The zero-order valence-corrected chi connectivity index (χ0v) is 35.8. The van der Waals surface area contributed by atoms with Gasteiger partial charge in [0.15, 0.2) is 0 Å². The second-order valence-corrected chi connectivity index (χ2v) is 18.2. The van der Waals surface area contributed by atoms with E-state index in [0.717, 1.165) is 0 Å². The van der Waals surface area contributed by atoms with Crippen molar-refractivity contribution in [1.29, 1.82) is 0 Å². The van der Waals surface area contributed by atoms with E-state index in [-0.39, 0.29) is 57.5 Å². The van der Waals surface area contributed by atoms with E-state index in [1.807, 2.05) is 0 Å². The van der Waals surface area contributed by atoms with E-state index in [9.17, 15) is 51.1 Å². The second-order valence-electron chi connectivity index (χ2n) is 18.2. The van der Waals surface area contributed by atoms with E-state index < -0.39 is 47.7 Å². The van der Waals surface area contributed by atoms with Crippen LogP contribution in [0.2, 0.25) is 0 Å². The minimum Gasteiger partial charge on any atom is -0.508 e. The highest BCUT2D eigenvalue weighted by Gasteiger charge is 2.57. The molecule has 2 aliphatic heterocycles. The summed E-state index contributed by atoms with van der Waals surface area (Å²) >= 11 is 0. The highest BCUT2D eigenvalue weighted by atomic mass is 16.5. The van der Waals surface area contributed by atoms with Gasteiger partial charge in [-0.3, -0.25) is 0 Å². The molecule has 0 spiro atoms. The Morgan fingerprint density at radius 3 is 1.24 bits per heavy atom. The molecule has 8 aromatic rings. The van der Waals surface area contributed by atoms with Gasteiger partial charge >= 0.3 is 0 Å². The highest BCUT2D eigenvalue weighted by Crippen LogP contribution is 2.71. The molecule has 8 atom stereocenters. The summed E-state index contributed by atoms with van der Waals surface area (Å²) in [6.07, 6.45) is -1.64. The third-order valence-electron chi connectivity index (χ3n) is 14.4. The molecule has 2 heterocycles. The van der Waals surface area contributed by atoms with Gasteiger partial charge in [-0.05, 0) is 117 Å². The second kappa shape index (κ2) is 14.9. The zero-order valence-electron chi connectivity index (χ0n) is 35.8. The number of aromatic hydroxyl groups is 10. The van der Waals surface area contributed by atoms with Crippen LogP contribution in [-0.4, -0.2) is 51.1 Å². The third kappa shape index (κ3) is 6.20. The van der Waals surface area contributed by atoms with Crippen molar-refractivity contribution in [2.24, 2.45) is 0 Å². The summed E-state index contributed by atoms with van der Waals surface area (Å²) in [4.78, 5) is 0. The van der Waals surface area contributed by atoms with E-state index in [4.69, 9.17) is 9.47 Å². The minimum atomic E-state index is -0.867. The topological polar surface area (TPSA) is 221 Å². The maximum absolute atomic E-state index is 12.8. The average Bonchev–Trinajstić information content (AvgIpc) is 3.98. The maximum Gasteiger partial charge on any atom is 0.135 e. The molecule has 8 aromatic carbocycles. The van der Waals surface area contributed by atoms with Crippen molar-refractivity contribution in [1.82, 2.24) is 0 Å². The van der Waals surface area contributed by atoms with Gasteiger partial charge in [-0.1, -0.05) is 48.5 Å². The lowest BCUT2D eigenvalue weighted by Gasteiger charge is -2.39. The average molecular weight is 907 g/mol. The van der Waals surface area contributed by atoms with E-state index in [1.165, 1.54) is 30.3 Å². The first kappa shape index (κ1) is 40.8. The van der Waals surface area contributed by atoms with Crippen molar-refractivity contribution >= 4 is 0 Å². The number of hydrogen-bond acceptors (Lipinski definition) is 12. The molecule has 12 nitrogen and oxygen atoms in total. The van der Waals surface area contributed by atoms with Gasteiger partial charge in [-0.15, -0.1) is 0 Å². The Kier molecular flexibility index (Phi) is 8.97. The Bertz CT molecular complexity index is 3310. The van der Waals surface area contributed by atoms with Crippen molar-refractivity contribution < 1.29 is 60.5 Å². The van der Waals surface area contributed by atoms with Gasteiger partial charge in [-0.2, -0.15) is 0 Å². The lowest BCUT2D eigenvalue weighted by Crippen LogP contribution is -2.26. The van der Waals surface area contributed by atoms with E-state index >= 15 is 0 Å². The number of phenolic OH excluding ortho intramolecular Hbond substituents is 10. The molecule has 0 aromatic heterocycles. The van der Waals surface area contributed by atoms with Gasteiger partial charge in [0.25, 0.3) is 0 Å². The number of benzene rings is 8. The molecular formula is C56H42O12. The summed E-state index contributed by atoms with van der Waals surface area (Å²) < 4.78 is 13.8. The largest absolute Gasteiger partial charge is 0.508 e. The molecule has 68 heavy (non-hydrogen) atoms. The molecule has 0 radical (unpaired) electrons. The summed E-state index contributed by atoms with van der Waals surface area (Å²) in [6, 6.07) is 38.5. The van der Waals surface area contributed by atoms with Gasteiger partial charge in [-0.25, -0.2) is 0 Å². The maximum atomic E-state index is 12.8. The van der Waals surface area contributed by atoms with Crippen LogP contribution in [0.15, 0.2) is 146 Å². The molecular weight excluding hydrogens is 865 g/mol. The molecule has 0 bridgehead atoms. The predicted octanol–water partition coefficient (Wildman–Crippen LogP) is 10.4. The molecule has 0 amide bonds. The SMILES string of the molecule is Oc1ccc([C@H]2c3c(O)cc4c(c3[C@H]3[C@@H](c5ccc(O)cc5)c5c(O)cc(O)cc5[C@H]5c6c(cc(O)cc6[C@@H]23)O[C@H]5c2ccc(O)cc2)[C@H](c2cc(O)cc(O)c2)[C@@H](c2ccc(O)cc2)O4)cc1. The minimum absolute atomic E-state index is 0.0102. The Morgan fingerprint density at radius 1 is 0.265 bits per heavy atom. The molecule has 0 saturated carbocycles. The van der Waals surface area contributed by atoms with Crippen LogP contribution in [-0.2, 0) is 0 Å². The van der Waals surface area contributed by atoms with Crippen molar-refractivity contribution in [3.05, 3.63) is 212 Å². The molecule has 4 aliphatic rings. The quantitative estimate of drug-likeness (QED) is 0.0780. The van der Waals surface area contributed by atoms with Crippen LogP contribution >= 0.6 is 0 Å². The van der Waals surface area contributed by atoms with E-state index in [2.05, 4.69) is 0 Å². The fourth-order valence-corrected chi connectivity index (χ4v) is 12.0. The molecule has 10 N–H and O–H groups in total. The fraction of sp³-hybridized carbons (Fsp3) is 0.143. The molecule has 12 rings (SSSR count). The lowest BCUT2D eigenvalue weighted by atomic mass is 9.62. The van der Waals surface area contributed by atoms with Gasteiger partial charge in [0, 0.05) is 70.2 Å². The summed E-state index contributed by atoms with van der Waals surface area (Å²) in [7, 11) is 0. The highest BCUT2D eigenvalue weighted by molar-refractivity contribution is 5.73. The van der Waals surface area contributed by atoms with Gasteiger partial charge in [0.2, 0.25) is 0 Å². The normalized spacial score (nSPS) is 22.6. The summed E-state index contributed by atoms with van der Waals surface area (Å²) in [5, 5.41) is 113. The Balaban J connectivity index is 1.24. The van der Waals surface area contributed by atoms with Crippen LogP contribution < -0.4 is 9.47 Å². The molecule has 2 aliphatic carbocycles. The Hall–Kier alpha value is -8.64.